The summed E-state index contributed by atoms with van der Waals surface area (Å²) in [4.78, 5) is 43.1. The average Bonchev–Trinajstić information content (AvgIpc) is 2.25. The van der Waals surface area contributed by atoms with Gasteiger partial charge in [0.15, 0.2) is 0 Å². The van der Waals surface area contributed by atoms with Crippen LogP contribution in [-0.2, 0) is 13.9 Å². The quantitative estimate of drug-likeness (QED) is 0.673. The Bertz CT molecular complexity index is 567. The second kappa shape index (κ2) is 5.53. The molecule has 1 heterocycles. The third-order valence-electron chi connectivity index (χ3n) is 2.33. The van der Waals surface area contributed by atoms with Crippen LogP contribution in [0, 0.1) is 0 Å². The molecule has 0 bridgehead atoms. The van der Waals surface area contributed by atoms with Crippen molar-refractivity contribution in [1.82, 2.24) is 4.98 Å². The number of hydrogen-bond donors (Lipinski definition) is 3. The topological polar surface area (TPSA) is 128 Å². The third kappa shape index (κ3) is 4.53. The molecule has 3 N–H and O–H groups in total. The van der Waals surface area contributed by atoms with Gasteiger partial charge in [-0.1, -0.05) is 0 Å². The van der Waals surface area contributed by atoms with Crippen molar-refractivity contribution in [3.8, 4) is 0 Å². The van der Waals surface area contributed by atoms with Crippen LogP contribution in [0.1, 0.15) is 6.92 Å². The summed E-state index contributed by atoms with van der Waals surface area (Å²) < 4.78 is 22.5. The number of amides is 1. The van der Waals surface area contributed by atoms with E-state index in [2.05, 4.69) is 4.98 Å². The maximum absolute atomic E-state index is 11.8. The van der Waals surface area contributed by atoms with Gasteiger partial charge in [0, 0.05) is 14.0 Å². The van der Waals surface area contributed by atoms with E-state index < -0.39 is 20.9 Å². The highest BCUT2D eigenvalue weighted by Crippen LogP contribution is 2.53. The molecule has 0 aromatic carbocycles. The van der Waals surface area contributed by atoms with Crippen LogP contribution in [0.4, 0.5) is 5.69 Å². The number of hydrogen-bond acceptors (Lipinski definition) is 4. The molecule has 0 fully saturated rings. The van der Waals surface area contributed by atoms with Crippen LogP contribution in [-0.4, -0.2) is 38.5 Å². The Morgan fingerprint density at radius 1 is 1.32 bits per heavy atom. The van der Waals surface area contributed by atoms with Crippen molar-refractivity contribution in [2.75, 3.05) is 17.9 Å². The minimum Gasteiger partial charge on any atom is -0.340 e. The molecule has 0 aliphatic heterocycles. The molecule has 8 nitrogen and oxygen atoms in total. The largest absolute Gasteiger partial charge is 0.340 e. The predicted octanol–water partition coefficient (Wildman–Crippen LogP) is 0.0952. The molecule has 1 aromatic rings. The van der Waals surface area contributed by atoms with Gasteiger partial charge in [-0.05, 0) is 12.1 Å². The van der Waals surface area contributed by atoms with E-state index in [0.29, 0.717) is 5.69 Å². The summed E-state index contributed by atoms with van der Waals surface area (Å²) in [6, 6.07) is 2.55. The predicted molar refractivity (Wildman–Crippen MR) is 69.7 cm³/mol. The molecule has 1 aromatic heterocycles. The Morgan fingerprint density at radius 3 is 2.26 bits per heavy atom. The number of carbonyl (C=O) groups is 1. The second-order valence-corrected chi connectivity index (χ2v) is 8.28. The molecule has 0 aliphatic rings. The highest BCUT2D eigenvalue weighted by Gasteiger charge is 2.32. The fourth-order valence-corrected chi connectivity index (χ4v) is 4.41. The first-order valence-corrected chi connectivity index (χ1v) is 8.74. The lowest BCUT2D eigenvalue weighted by Crippen LogP contribution is -2.24. The van der Waals surface area contributed by atoms with Gasteiger partial charge >= 0.3 is 7.60 Å². The number of rotatable bonds is 4. The van der Waals surface area contributed by atoms with Gasteiger partial charge in [0.1, 0.15) is 11.3 Å². The van der Waals surface area contributed by atoms with Crippen LogP contribution in [0.25, 0.3) is 0 Å². The van der Waals surface area contributed by atoms with E-state index in [0.717, 1.165) is 0 Å². The van der Waals surface area contributed by atoms with Gasteiger partial charge in [0.25, 0.3) is 7.37 Å². The Morgan fingerprint density at radius 2 is 1.89 bits per heavy atom. The van der Waals surface area contributed by atoms with Crippen LogP contribution in [0.5, 0.6) is 0 Å². The molecule has 0 spiro atoms. The van der Waals surface area contributed by atoms with Crippen molar-refractivity contribution in [2.45, 2.75) is 6.92 Å². The van der Waals surface area contributed by atoms with E-state index in [1.165, 1.54) is 37.2 Å². The summed E-state index contributed by atoms with van der Waals surface area (Å²) in [5.41, 5.74) is 0.101. The van der Waals surface area contributed by atoms with Crippen LogP contribution in [0.3, 0.4) is 0 Å². The average molecular weight is 308 g/mol. The maximum atomic E-state index is 11.8. The fourth-order valence-electron chi connectivity index (χ4n) is 1.29. The molecule has 0 aliphatic carbocycles. The van der Waals surface area contributed by atoms with Gasteiger partial charge in [0.05, 0.1) is 11.9 Å². The molecule has 0 radical (unpaired) electrons. The third-order valence-corrected chi connectivity index (χ3v) is 6.31. The molecule has 0 saturated heterocycles. The Hall–Kier alpha value is -1.04. The Labute approximate surface area is 109 Å². The van der Waals surface area contributed by atoms with E-state index in [1.54, 1.807) is 0 Å². The van der Waals surface area contributed by atoms with Crippen LogP contribution in [0.15, 0.2) is 18.3 Å². The molecule has 10 heteroatoms. The highest BCUT2D eigenvalue weighted by molar-refractivity contribution is 7.77. The molecule has 1 atom stereocenters. The number of aromatic nitrogens is 1. The lowest BCUT2D eigenvalue weighted by molar-refractivity contribution is -0.116. The first-order chi connectivity index (χ1) is 8.53. The van der Waals surface area contributed by atoms with Crippen molar-refractivity contribution in [2.24, 2.45) is 0 Å². The highest BCUT2D eigenvalue weighted by atomic mass is 31.2. The van der Waals surface area contributed by atoms with E-state index in [4.69, 9.17) is 9.79 Å². The zero-order chi connectivity index (χ0) is 14.8. The summed E-state index contributed by atoms with van der Waals surface area (Å²) in [6.45, 7) is 1.35. The minimum atomic E-state index is -4.62. The minimum absolute atomic E-state index is 0.239. The van der Waals surface area contributed by atoms with Crippen molar-refractivity contribution >= 4 is 32.0 Å². The molecule has 0 saturated carbocycles. The normalized spacial score (nSPS) is 14.8. The van der Waals surface area contributed by atoms with Gasteiger partial charge in [-0.2, -0.15) is 0 Å². The van der Waals surface area contributed by atoms with Crippen molar-refractivity contribution < 1.29 is 28.6 Å². The van der Waals surface area contributed by atoms with E-state index in [9.17, 15) is 18.8 Å². The van der Waals surface area contributed by atoms with Gasteiger partial charge < -0.3 is 19.6 Å². The summed E-state index contributed by atoms with van der Waals surface area (Å²) in [7, 11) is -7.33. The number of anilines is 1. The first-order valence-electron chi connectivity index (χ1n) is 5.10. The molecular formula is C9H14N2O6P2. The van der Waals surface area contributed by atoms with Crippen LogP contribution >= 0.6 is 15.0 Å². The maximum Gasteiger partial charge on any atom is 0.335 e. The van der Waals surface area contributed by atoms with Gasteiger partial charge in [-0.3, -0.25) is 13.9 Å². The summed E-state index contributed by atoms with van der Waals surface area (Å²) in [5.74, 6) is -1.40. The van der Waals surface area contributed by atoms with Crippen molar-refractivity contribution in [1.29, 1.82) is 0 Å². The van der Waals surface area contributed by atoms with Gasteiger partial charge in [0.2, 0.25) is 5.91 Å². The van der Waals surface area contributed by atoms with Crippen LogP contribution < -0.4 is 10.3 Å². The molecule has 1 unspecified atom stereocenters. The monoisotopic (exact) mass is 308 g/mol. The lowest BCUT2D eigenvalue weighted by Gasteiger charge is -2.16. The SMILES string of the molecule is CC(=O)N(C)c1ccc(P(=O)(O)CP(=O)(O)O)nc1. The molecule has 1 rings (SSSR count). The Kier molecular flexibility index (Phi) is 4.66. The zero-order valence-corrected chi connectivity index (χ0v) is 12.1. The van der Waals surface area contributed by atoms with Gasteiger partial charge in [-0.15, -0.1) is 0 Å². The van der Waals surface area contributed by atoms with Crippen molar-refractivity contribution in [3.05, 3.63) is 18.3 Å². The lowest BCUT2D eigenvalue weighted by atomic mass is 10.4. The van der Waals surface area contributed by atoms with E-state index in [1.807, 2.05) is 0 Å². The van der Waals surface area contributed by atoms with Crippen LogP contribution in [0.2, 0.25) is 0 Å². The summed E-state index contributed by atoms with van der Waals surface area (Å²) in [6.07, 6.45) is 1.19. The fraction of sp³-hybridized carbons (Fsp3) is 0.333. The second-order valence-electron chi connectivity index (χ2n) is 3.96. The molecule has 106 valence electrons. The number of pyridine rings is 1. The molecule has 1 amide bonds. The Balaban J connectivity index is 3.02. The number of carbonyl (C=O) groups excluding carboxylic acids is 1. The summed E-state index contributed by atoms with van der Waals surface area (Å²) in [5, 5.41) is 0. The van der Waals surface area contributed by atoms with E-state index in [-0.39, 0.29) is 11.3 Å². The first kappa shape index (κ1) is 16.0. The zero-order valence-electron chi connectivity index (χ0n) is 10.3. The standard InChI is InChI=1S/C9H14N2O6P2/c1-7(12)11(2)8-3-4-9(10-5-8)18(13,14)6-19(15,16)17/h3-5H,6H2,1-2H3,(H,13,14)(H2,15,16,17). The van der Waals surface area contributed by atoms with Gasteiger partial charge in [-0.25, -0.2) is 4.98 Å². The summed E-state index contributed by atoms with van der Waals surface area (Å²) >= 11 is 0. The molecule has 19 heavy (non-hydrogen) atoms. The molecular weight excluding hydrogens is 294 g/mol. The van der Waals surface area contributed by atoms with Crippen molar-refractivity contribution in [3.63, 3.8) is 0 Å². The number of nitrogens with zero attached hydrogens (tertiary/aromatic N) is 2. The smallest absolute Gasteiger partial charge is 0.335 e. The van der Waals surface area contributed by atoms with E-state index >= 15 is 0 Å².